The second-order valence-electron chi connectivity index (χ2n) is 7.12. The standard InChI is InChI=1S/C18H13FN.C11H8N.Ir/c1-13-10-11-20-18(15-8-5-9-16(19)12-15)17(13)14-6-3-2-4-7-14;1-2-6-10(7-3-1)11-8-4-5-9-12-11;/h2-11H,1H3;1-6,8-9H;/q2*-1;. The van der Waals surface area contributed by atoms with E-state index in [4.69, 9.17) is 0 Å². The van der Waals surface area contributed by atoms with Gasteiger partial charge in [0.25, 0.3) is 0 Å². The largest absolute Gasteiger partial charge is 0.305 e. The van der Waals surface area contributed by atoms with Crippen LogP contribution in [0.15, 0.2) is 109 Å². The zero-order valence-electron chi connectivity index (χ0n) is 18.0. The van der Waals surface area contributed by atoms with Crippen LogP contribution >= 0.6 is 0 Å². The van der Waals surface area contributed by atoms with Crippen LogP contribution in [0.3, 0.4) is 0 Å². The van der Waals surface area contributed by atoms with Gasteiger partial charge in [0.1, 0.15) is 0 Å². The summed E-state index contributed by atoms with van der Waals surface area (Å²) in [5.41, 5.74) is 6.65. The van der Waals surface area contributed by atoms with E-state index >= 15 is 0 Å². The maximum atomic E-state index is 13.4. The van der Waals surface area contributed by atoms with E-state index in [1.807, 2.05) is 91.9 Å². The van der Waals surface area contributed by atoms with Gasteiger partial charge in [-0.2, -0.15) is 0 Å². The average molecular weight is 609 g/mol. The minimum absolute atomic E-state index is 0. The summed E-state index contributed by atoms with van der Waals surface area (Å²) in [6.07, 6.45) is 3.53. The first kappa shape index (κ1) is 24.2. The molecule has 0 saturated carbocycles. The molecule has 0 aliphatic heterocycles. The number of rotatable bonds is 3. The Hall–Kier alpha value is -3.46. The molecule has 0 aliphatic carbocycles. The molecule has 0 amide bonds. The quantitative estimate of drug-likeness (QED) is 0.202. The van der Waals surface area contributed by atoms with Crippen molar-refractivity contribution >= 4 is 0 Å². The van der Waals surface area contributed by atoms with Crippen molar-refractivity contribution in [2.75, 3.05) is 0 Å². The van der Waals surface area contributed by atoms with Crippen molar-refractivity contribution < 1.29 is 24.5 Å². The van der Waals surface area contributed by atoms with Crippen LogP contribution in [0.5, 0.6) is 0 Å². The topological polar surface area (TPSA) is 25.8 Å². The molecule has 2 aromatic heterocycles. The summed E-state index contributed by atoms with van der Waals surface area (Å²) in [6.45, 7) is 2.03. The number of aromatic nitrogens is 2. The molecule has 4 heteroatoms. The first-order valence-corrected chi connectivity index (χ1v) is 10.3. The third-order valence-electron chi connectivity index (χ3n) is 4.89. The molecule has 2 nitrogen and oxygen atoms in total. The molecule has 0 spiro atoms. The maximum Gasteiger partial charge on any atom is 0.0405 e. The molecular formula is C29H21FIrN2-2. The number of hydrogen-bond donors (Lipinski definition) is 0. The van der Waals surface area contributed by atoms with Crippen LogP contribution in [0, 0.1) is 24.9 Å². The Kier molecular flexibility index (Phi) is 8.77. The number of hydrogen-bond acceptors (Lipinski definition) is 2. The molecule has 1 radical (unpaired) electrons. The molecule has 3 aromatic carbocycles. The molecule has 0 unspecified atom stereocenters. The average Bonchev–Trinajstić information content (AvgIpc) is 2.86. The Labute approximate surface area is 207 Å². The molecule has 0 aliphatic rings. The molecule has 2 heterocycles. The Bertz CT molecular complexity index is 1240. The van der Waals surface area contributed by atoms with E-state index in [9.17, 15) is 4.39 Å². The summed E-state index contributed by atoms with van der Waals surface area (Å²) in [5.74, 6) is -0.371. The molecule has 5 aromatic rings. The van der Waals surface area contributed by atoms with Gasteiger partial charge in [0.05, 0.1) is 0 Å². The van der Waals surface area contributed by atoms with Gasteiger partial charge in [-0.25, -0.2) is 4.39 Å². The van der Waals surface area contributed by atoms with Gasteiger partial charge in [-0.1, -0.05) is 42.5 Å². The van der Waals surface area contributed by atoms with Crippen molar-refractivity contribution in [3.8, 4) is 33.6 Å². The number of halogens is 1. The fourth-order valence-corrected chi connectivity index (χ4v) is 3.39. The van der Waals surface area contributed by atoms with Crippen LogP contribution in [0.25, 0.3) is 33.6 Å². The number of aryl methyl sites for hydroxylation is 1. The van der Waals surface area contributed by atoms with E-state index in [-0.39, 0.29) is 25.9 Å². The summed E-state index contributed by atoms with van der Waals surface area (Å²) >= 11 is 0. The molecule has 33 heavy (non-hydrogen) atoms. The van der Waals surface area contributed by atoms with Crippen molar-refractivity contribution in [1.82, 2.24) is 9.97 Å². The minimum Gasteiger partial charge on any atom is -0.305 e. The number of benzene rings is 3. The van der Waals surface area contributed by atoms with Gasteiger partial charge in [0, 0.05) is 38.3 Å². The van der Waals surface area contributed by atoms with E-state index in [0.29, 0.717) is 5.56 Å². The van der Waals surface area contributed by atoms with E-state index in [0.717, 1.165) is 33.6 Å². The molecule has 0 N–H and O–H groups in total. The second kappa shape index (κ2) is 12.0. The fourth-order valence-electron chi connectivity index (χ4n) is 3.39. The smallest absolute Gasteiger partial charge is 0.0405 e. The molecule has 0 bridgehead atoms. The van der Waals surface area contributed by atoms with Crippen LogP contribution in [-0.4, -0.2) is 9.97 Å². The van der Waals surface area contributed by atoms with Crippen molar-refractivity contribution in [2.24, 2.45) is 0 Å². The Balaban J connectivity index is 0.000000202. The molecule has 0 fully saturated rings. The van der Waals surface area contributed by atoms with E-state index in [1.165, 1.54) is 6.07 Å². The molecule has 0 saturated heterocycles. The molecular weight excluding hydrogens is 588 g/mol. The first-order chi connectivity index (χ1) is 15.7. The molecule has 0 atom stereocenters. The monoisotopic (exact) mass is 609 g/mol. The zero-order valence-corrected chi connectivity index (χ0v) is 20.4. The SMILES string of the molecule is Cc1ccnc(-c2[c-]c(F)ccc2)c1-c1ccccc1.[Ir].[c-]1ccccc1-c1ccccn1. The van der Waals surface area contributed by atoms with Crippen LogP contribution in [0.2, 0.25) is 0 Å². The van der Waals surface area contributed by atoms with Gasteiger partial charge < -0.3 is 9.97 Å². The van der Waals surface area contributed by atoms with E-state index in [1.54, 1.807) is 18.5 Å². The second-order valence-corrected chi connectivity index (χ2v) is 7.12. The predicted molar refractivity (Wildman–Crippen MR) is 127 cm³/mol. The predicted octanol–water partition coefficient (Wildman–Crippen LogP) is 7.21. The third kappa shape index (κ3) is 6.29. The summed E-state index contributed by atoms with van der Waals surface area (Å²) in [5, 5.41) is 0. The molecule has 5 rings (SSSR count). The van der Waals surface area contributed by atoms with Crippen molar-refractivity contribution in [3.63, 3.8) is 0 Å². The van der Waals surface area contributed by atoms with Gasteiger partial charge in [-0.05, 0) is 47.1 Å². The van der Waals surface area contributed by atoms with Crippen molar-refractivity contribution in [2.45, 2.75) is 6.92 Å². The van der Waals surface area contributed by atoms with E-state index in [2.05, 4.69) is 22.1 Å². The Morgan fingerprint density at radius 1 is 0.697 bits per heavy atom. The first-order valence-electron chi connectivity index (χ1n) is 10.3. The van der Waals surface area contributed by atoms with Gasteiger partial charge in [0.15, 0.2) is 0 Å². The Morgan fingerprint density at radius 2 is 1.45 bits per heavy atom. The van der Waals surface area contributed by atoms with Crippen molar-refractivity contribution in [1.29, 1.82) is 0 Å². The molecule has 165 valence electrons. The van der Waals surface area contributed by atoms with Gasteiger partial charge in [-0.3, -0.25) is 0 Å². The normalized spacial score (nSPS) is 9.88. The van der Waals surface area contributed by atoms with Gasteiger partial charge >= 0.3 is 0 Å². The summed E-state index contributed by atoms with van der Waals surface area (Å²) in [4.78, 5) is 8.65. The van der Waals surface area contributed by atoms with Crippen LogP contribution in [0.4, 0.5) is 4.39 Å². The zero-order chi connectivity index (χ0) is 22.2. The number of nitrogens with zero attached hydrogens (tertiary/aromatic N) is 2. The van der Waals surface area contributed by atoms with Crippen LogP contribution < -0.4 is 0 Å². The summed E-state index contributed by atoms with van der Waals surface area (Å²) in [6, 6.07) is 36.4. The Morgan fingerprint density at radius 3 is 2.15 bits per heavy atom. The third-order valence-corrected chi connectivity index (χ3v) is 4.89. The van der Waals surface area contributed by atoms with Gasteiger partial charge in [0.2, 0.25) is 0 Å². The maximum absolute atomic E-state index is 13.4. The van der Waals surface area contributed by atoms with E-state index < -0.39 is 0 Å². The van der Waals surface area contributed by atoms with Crippen LogP contribution in [-0.2, 0) is 20.1 Å². The summed E-state index contributed by atoms with van der Waals surface area (Å²) in [7, 11) is 0. The van der Waals surface area contributed by atoms with Crippen LogP contribution in [0.1, 0.15) is 5.56 Å². The van der Waals surface area contributed by atoms with Gasteiger partial charge in [-0.15, -0.1) is 65.7 Å². The number of pyridine rings is 2. The van der Waals surface area contributed by atoms with Crippen molar-refractivity contribution in [3.05, 3.63) is 133 Å². The minimum atomic E-state index is -0.371. The summed E-state index contributed by atoms with van der Waals surface area (Å²) < 4.78 is 13.4. The fraction of sp³-hybridized carbons (Fsp3) is 0.0345.